The maximum absolute atomic E-state index is 3.44. The molecule has 1 aliphatic heterocycles. The molecule has 0 aliphatic carbocycles. The van der Waals surface area contributed by atoms with Crippen LogP contribution in [0.4, 0.5) is 0 Å². The van der Waals surface area contributed by atoms with Crippen LogP contribution in [0.2, 0.25) is 0 Å². The van der Waals surface area contributed by atoms with Crippen LogP contribution in [0.25, 0.3) is 10.8 Å². The number of likely N-dealkylation sites (tertiary alicyclic amines) is 1. The van der Waals surface area contributed by atoms with Crippen molar-refractivity contribution in [2.75, 3.05) is 20.1 Å². The molecule has 0 aromatic heterocycles. The number of piperidine rings is 1. The van der Waals surface area contributed by atoms with Gasteiger partial charge in [0.25, 0.3) is 0 Å². The minimum atomic E-state index is 0.679. The molecule has 0 amide bonds. The number of hydrogen-bond acceptors (Lipinski definition) is 2. The van der Waals surface area contributed by atoms with Gasteiger partial charge in [-0.2, -0.15) is 0 Å². The highest BCUT2D eigenvalue weighted by Gasteiger charge is 2.24. The monoisotopic (exact) mass is 268 g/mol. The van der Waals surface area contributed by atoms with Crippen molar-refractivity contribution < 1.29 is 0 Å². The lowest BCUT2D eigenvalue weighted by molar-refractivity contribution is 0.145. The van der Waals surface area contributed by atoms with Crippen LogP contribution in [-0.2, 0) is 6.54 Å². The molecule has 3 rings (SSSR count). The second-order valence-electron chi connectivity index (χ2n) is 6.03. The number of benzene rings is 2. The molecule has 0 spiro atoms. The highest BCUT2D eigenvalue weighted by molar-refractivity contribution is 5.85. The minimum absolute atomic E-state index is 0.679. The highest BCUT2D eigenvalue weighted by atomic mass is 15.1. The van der Waals surface area contributed by atoms with Gasteiger partial charge in [0, 0.05) is 19.1 Å². The topological polar surface area (TPSA) is 15.3 Å². The maximum Gasteiger partial charge on any atom is 0.0240 e. The lowest BCUT2D eigenvalue weighted by atomic mass is 9.93. The van der Waals surface area contributed by atoms with Crippen molar-refractivity contribution in [3.8, 4) is 0 Å². The third kappa shape index (κ3) is 2.72. The van der Waals surface area contributed by atoms with E-state index in [9.17, 15) is 0 Å². The van der Waals surface area contributed by atoms with Crippen molar-refractivity contribution in [2.45, 2.75) is 25.9 Å². The summed E-state index contributed by atoms with van der Waals surface area (Å²) in [4.78, 5) is 2.60. The SMILES string of the molecule is CNC1CCN(Cc2cccc3ccccc23)CC1C. The molecule has 2 nitrogen and oxygen atoms in total. The minimum Gasteiger partial charge on any atom is -0.317 e. The molecule has 0 radical (unpaired) electrons. The second-order valence-corrected chi connectivity index (χ2v) is 6.03. The summed E-state index contributed by atoms with van der Waals surface area (Å²) < 4.78 is 0. The largest absolute Gasteiger partial charge is 0.317 e. The van der Waals surface area contributed by atoms with E-state index >= 15 is 0 Å². The predicted molar refractivity (Wildman–Crippen MR) is 85.9 cm³/mol. The Hall–Kier alpha value is -1.38. The fraction of sp³-hybridized carbons (Fsp3) is 0.444. The molecule has 0 bridgehead atoms. The number of nitrogens with one attached hydrogen (secondary N) is 1. The van der Waals surface area contributed by atoms with Gasteiger partial charge in [-0.25, -0.2) is 0 Å². The van der Waals surface area contributed by atoms with Crippen molar-refractivity contribution in [1.29, 1.82) is 0 Å². The Balaban J connectivity index is 1.77. The molecule has 1 aliphatic rings. The average Bonchev–Trinajstić information content (AvgIpc) is 2.48. The van der Waals surface area contributed by atoms with Crippen LogP contribution in [0.15, 0.2) is 42.5 Å². The normalized spacial score (nSPS) is 24.1. The Kier molecular flexibility index (Phi) is 4.04. The maximum atomic E-state index is 3.44. The Bertz CT molecular complexity index is 573. The molecule has 2 atom stereocenters. The Labute approximate surface area is 121 Å². The first-order valence-electron chi connectivity index (χ1n) is 7.64. The second kappa shape index (κ2) is 5.94. The lowest BCUT2D eigenvalue weighted by Crippen LogP contribution is -2.46. The lowest BCUT2D eigenvalue weighted by Gasteiger charge is -2.37. The summed E-state index contributed by atoms with van der Waals surface area (Å²) in [6.45, 7) is 5.81. The predicted octanol–water partition coefficient (Wildman–Crippen LogP) is 3.27. The van der Waals surface area contributed by atoms with E-state index in [1.165, 1.54) is 35.8 Å². The third-order valence-corrected chi connectivity index (χ3v) is 4.63. The van der Waals surface area contributed by atoms with Crippen molar-refractivity contribution in [3.63, 3.8) is 0 Å². The van der Waals surface area contributed by atoms with Crippen molar-refractivity contribution in [2.24, 2.45) is 5.92 Å². The summed E-state index contributed by atoms with van der Waals surface area (Å²) in [6.07, 6.45) is 1.25. The van der Waals surface area contributed by atoms with Gasteiger partial charge >= 0.3 is 0 Å². The smallest absolute Gasteiger partial charge is 0.0240 e. The molecule has 0 saturated carbocycles. The molecular weight excluding hydrogens is 244 g/mol. The highest BCUT2D eigenvalue weighted by Crippen LogP contribution is 2.23. The van der Waals surface area contributed by atoms with Gasteiger partial charge < -0.3 is 5.32 Å². The molecule has 2 unspecified atom stereocenters. The van der Waals surface area contributed by atoms with Crippen molar-refractivity contribution >= 4 is 10.8 Å². The molecular formula is C18H24N2. The standard InChI is InChI=1S/C18H24N2/c1-14-12-20(11-10-18(14)19-2)13-16-8-5-7-15-6-3-4-9-17(15)16/h3-9,14,18-19H,10-13H2,1-2H3. The van der Waals surface area contributed by atoms with Gasteiger partial charge in [-0.1, -0.05) is 49.4 Å². The van der Waals surface area contributed by atoms with Crippen LogP contribution in [0.3, 0.4) is 0 Å². The molecule has 1 fully saturated rings. The molecule has 106 valence electrons. The van der Waals surface area contributed by atoms with Crippen LogP contribution in [0.5, 0.6) is 0 Å². The summed E-state index contributed by atoms with van der Waals surface area (Å²) in [7, 11) is 2.08. The van der Waals surface area contributed by atoms with E-state index in [2.05, 4.69) is 66.7 Å². The first kappa shape index (κ1) is 13.6. The van der Waals surface area contributed by atoms with Gasteiger partial charge in [-0.15, -0.1) is 0 Å². The summed E-state index contributed by atoms with van der Waals surface area (Å²) in [5.74, 6) is 0.726. The molecule has 1 N–H and O–H groups in total. The van der Waals surface area contributed by atoms with E-state index < -0.39 is 0 Å². The van der Waals surface area contributed by atoms with E-state index in [1.54, 1.807) is 0 Å². The van der Waals surface area contributed by atoms with Crippen LogP contribution in [-0.4, -0.2) is 31.1 Å². The van der Waals surface area contributed by atoms with Crippen molar-refractivity contribution in [3.05, 3.63) is 48.0 Å². The zero-order valence-corrected chi connectivity index (χ0v) is 12.5. The van der Waals surface area contributed by atoms with Crippen LogP contribution in [0, 0.1) is 5.92 Å². The summed E-state index contributed by atoms with van der Waals surface area (Å²) >= 11 is 0. The zero-order valence-electron chi connectivity index (χ0n) is 12.5. The molecule has 2 aromatic rings. The number of hydrogen-bond donors (Lipinski definition) is 1. The number of rotatable bonds is 3. The van der Waals surface area contributed by atoms with E-state index in [4.69, 9.17) is 0 Å². The van der Waals surface area contributed by atoms with Gasteiger partial charge in [0.1, 0.15) is 0 Å². The van der Waals surface area contributed by atoms with Gasteiger partial charge in [0.05, 0.1) is 0 Å². The molecule has 2 heteroatoms. The number of nitrogens with zero attached hydrogens (tertiary/aromatic N) is 1. The van der Waals surface area contributed by atoms with Gasteiger partial charge in [0.15, 0.2) is 0 Å². The summed E-state index contributed by atoms with van der Waals surface area (Å²) in [6, 6.07) is 16.0. The van der Waals surface area contributed by atoms with E-state index in [1.807, 2.05) is 0 Å². The quantitative estimate of drug-likeness (QED) is 0.919. The van der Waals surface area contributed by atoms with Gasteiger partial charge in [-0.3, -0.25) is 4.90 Å². The van der Waals surface area contributed by atoms with E-state index in [0.717, 1.165) is 12.5 Å². The van der Waals surface area contributed by atoms with Crippen LogP contribution >= 0.6 is 0 Å². The molecule has 2 aromatic carbocycles. The van der Waals surface area contributed by atoms with Crippen LogP contribution in [0.1, 0.15) is 18.9 Å². The fourth-order valence-corrected chi connectivity index (χ4v) is 3.48. The molecule has 20 heavy (non-hydrogen) atoms. The van der Waals surface area contributed by atoms with Crippen LogP contribution < -0.4 is 5.32 Å². The zero-order chi connectivity index (χ0) is 13.9. The summed E-state index contributed by atoms with van der Waals surface area (Å²) in [5.41, 5.74) is 1.46. The Morgan fingerprint density at radius 2 is 1.95 bits per heavy atom. The molecule has 1 heterocycles. The van der Waals surface area contributed by atoms with E-state index in [-0.39, 0.29) is 0 Å². The average molecular weight is 268 g/mol. The van der Waals surface area contributed by atoms with Crippen molar-refractivity contribution in [1.82, 2.24) is 10.2 Å². The summed E-state index contributed by atoms with van der Waals surface area (Å²) in [5, 5.41) is 6.19. The van der Waals surface area contributed by atoms with Gasteiger partial charge in [-0.05, 0) is 42.3 Å². The van der Waals surface area contributed by atoms with E-state index in [0.29, 0.717) is 6.04 Å². The fourth-order valence-electron chi connectivity index (χ4n) is 3.48. The first-order valence-corrected chi connectivity index (χ1v) is 7.64. The Morgan fingerprint density at radius 3 is 2.75 bits per heavy atom. The first-order chi connectivity index (χ1) is 9.78. The van der Waals surface area contributed by atoms with Gasteiger partial charge in [0.2, 0.25) is 0 Å². The third-order valence-electron chi connectivity index (χ3n) is 4.63. The molecule has 1 saturated heterocycles. The number of fused-ring (bicyclic) bond motifs is 1. The Morgan fingerprint density at radius 1 is 1.15 bits per heavy atom.